The van der Waals surface area contributed by atoms with Gasteiger partial charge in [0.15, 0.2) is 0 Å². The summed E-state index contributed by atoms with van der Waals surface area (Å²) in [5.41, 5.74) is 2.67. The normalized spacial score (nSPS) is 14.3. The molecular weight excluding hydrogens is 336 g/mol. The molecule has 0 fully saturated rings. The zero-order valence-corrected chi connectivity index (χ0v) is 15.2. The van der Waals surface area contributed by atoms with Crippen molar-refractivity contribution in [3.63, 3.8) is 0 Å². The van der Waals surface area contributed by atoms with Crippen LogP contribution in [0.4, 0.5) is 5.69 Å². The zero-order valence-electron chi connectivity index (χ0n) is 14.4. The van der Waals surface area contributed by atoms with Crippen LogP contribution in [0, 0.1) is 5.92 Å². The largest absolute Gasteiger partial charge is 0.338 e. The third-order valence-corrected chi connectivity index (χ3v) is 5.73. The van der Waals surface area contributed by atoms with E-state index in [0.717, 1.165) is 17.5 Å². The molecule has 6 heteroatoms. The molecule has 1 aliphatic rings. The van der Waals surface area contributed by atoms with Gasteiger partial charge in [0.1, 0.15) is 0 Å². The first kappa shape index (κ1) is 17.5. The molecule has 1 heterocycles. The van der Waals surface area contributed by atoms with Crippen molar-refractivity contribution in [2.45, 2.75) is 31.7 Å². The van der Waals surface area contributed by atoms with Crippen LogP contribution in [0.3, 0.4) is 0 Å². The van der Waals surface area contributed by atoms with Crippen molar-refractivity contribution >= 4 is 21.6 Å². The molecule has 0 saturated carbocycles. The van der Waals surface area contributed by atoms with Crippen molar-refractivity contribution < 1.29 is 13.2 Å². The van der Waals surface area contributed by atoms with Gasteiger partial charge in [-0.1, -0.05) is 38.1 Å². The van der Waals surface area contributed by atoms with Gasteiger partial charge in [0, 0.05) is 24.7 Å². The highest BCUT2D eigenvalue weighted by Gasteiger charge is 2.23. The Morgan fingerprint density at radius 3 is 2.48 bits per heavy atom. The van der Waals surface area contributed by atoms with Gasteiger partial charge in [-0.3, -0.25) is 9.52 Å². The van der Waals surface area contributed by atoms with Gasteiger partial charge in [0.25, 0.3) is 10.0 Å². The monoisotopic (exact) mass is 358 g/mol. The molecule has 0 aromatic heterocycles. The fraction of sp³-hybridized carbons (Fsp3) is 0.316. The maximum atomic E-state index is 12.5. The van der Waals surface area contributed by atoms with Crippen LogP contribution in [0.15, 0.2) is 53.4 Å². The third kappa shape index (κ3) is 3.85. The van der Waals surface area contributed by atoms with E-state index in [0.29, 0.717) is 18.8 Å². The van der Waals surface area contributed by atoms with Crippen LogP contribution in [0.25, 0.3) is 0 Å². The Balaban J connectivity index is 1.82. The summed E-state index contributed by atoms with van der Waals surface area (Å²) in [7, 11) is -3.61. The Kier molecular flexibility index (Phi) is 4.81. The SMILES string of the molecule is CC(C)C(=O)N1CCc2ccc(NS(=O)(=O)c3ccccc3)cc2C1. The highest BCUT2D eigenvalue weighted by atomic mass is 32.2. The van der Waals surface area contributed by atoms with Gasteiger partial charge >= 0.3 is 0 Å². The summed E-state index contributed by atoms with van der Waals surface area (Å²) in [6.45, 7) is 5.01. The molecular formula is C19H22N2O3S. The van der Waals surface area contributed by atoms with Gasteiger partial charge in [0.2, 0.25) is 5.91 Å². The Morgan fingerprint density at radius 2 is 1.80 bits per heavy atom. The van der Waals surface area contributed by atoms with E-state index in [4.69, 9.17) is 0 Å². The van der Waals surface area contributed by atoms with Crippen molar-refractivity contribution in [3.8, 4) is 0 Å². The van der Waals surface area contributed by atoms with E-state index in [9.17, 15) is 13.2 Å². The number of nitrogens with one attached hydrogen (secondary N) is 1. The van der Waals surface area contributed by atoms with Crippen molar-refractivity contribution in [2.75, 3.05) is 11.3 Å². The molecule has 0 atom stereocenters. The molecule has 0 radical (unpaired) electrons. The Hall–Kier alpha value is -2.34. The van der Waals surface area contributed by atoms with Crippen molar-refractivity contribution in [1.29, 1.82) is 0 Å². The third-order valence-electron chi connectivity index (χ3n) is 4.33. The zero-order chi connectivity index (χ0) is 18.0. The number of hydrogen-bond acceptors (Lipinski definition) is 3. The first-order chi connectivity index (χ1) is 11.9. The molecule has 5 nitrogen and oxygen atoms in total. The molecule has 3 rings (SSSR count). The lowest BCUT2D eigenvalue weighted by atomic mass is 9.98. The second kappa shape index (κ2) is 6.88. The summed E-state index contributed by atoms with van der Waals surface area (Å²) < 4.78 is 27.5. The number of anilines is 1. The van der Waals surface area contributed by atoms with E-state index in [2.05, 4.69) is 4.72 Å². The second-order valence-electron chi connectivity index (χ2n) is 6.57. The smallest absolute Gasteiger partial charge is 0.261 e. The van der Waals surface area contributed by atoms with Crippen LogP contribution in [0.1, 0.15) is 25.0 Å². The van der Waals surface area contributed by atoms with Crippen LogP contribution in [0.2, 0.25) is 0 Å². The molecule has 0 aliphatic carbocycles. The van der Waals surface area contributed by atoms with Gasteiger partial charge in [0.05, 0.1) is 4.90 Å². The number of amides is 1. The van der Waals surface area contributed by atoms with E-state index in [1.165, 1.54) is 0 Å². The van der Waals surface area contributed by atoms with Crippen molar-refractivity contribution in [3.05, 3.63) is 59.7 Å². The standard InChI is InChI=1S/C19H22N2O3S/c1-14(2)19(22)21-11-10-15-8-9-17(12-16(15)13-21)20-25(23,24)18-6-4-3-5-7-18/h3-9,12,14,20H,10-11,13H2,1-2H3. The van der Waals surface area contributed by atoms with Crippen molar-refractivity contribution in [2.24, 2.45) is 5.92 Å². The predicted octanol–water partition coefficient (Wildman–Crippen LogP) is 3.03. The van der Waals surface area contributed by atoms with Crippen LogP contribution in [-0.4, -0.2) is 25.8 Å². The highest BCUT2D eigenvalue weighted by Crippen LogP contribution is 2.25. The summed E-state index contributed by atoms with van der Waals surface area (Å²) in [5.74, 6) is 0.0854. The lowest BCUT2D eigenvalue weighted by Gasteiger charge is -2.30. The number of carbonyl (C=O) groups excluding carboxylic acids is 1. The van der Waals surface area contributed by atoms with E-state index in [1.54, 1.807) is 36.4 Å². The summed E-state index contributed by atoms with van der Waals surface area (Å²) in [6, 6.07) is 13.8. The average molecular weight is 358 g/mol. The summed E-state index contributed by atoms with van der Waals surface area (Å²) >= 11 is 0. The second-order valence-corrected chi connectivity index (χ2v) is 8.25. The molecule has 0 unspecified atom stereocenters. The quantitative estimate of drug-likeness (QED) is 0.913. The summed E-state index contributed by atoms with van der Waals surface area (Å²) in [4.78, 5) is 14.3. The van der Waals surface area contributed by atoms with Crippen LogP contribution >= 0.6 is 0 Å². The van der Waals surface area contributed by atoms with Gasteiger partial charge in [-0.05, 0) is 41.8 Å². The number of rotatable bonds is 4. The van der Waals surface area contributed by atoms with E-state index >= 15 is 0 Å². The molecule has 0 bridgehead atoms. The maximum Gasteiger partial charge on any atom is 0.261 e. The number of nitrogens with zero attached hydrogens (tertiary/aromatic N) is 1. The summed E-state index contributed by atoms with van der Waals surface area (Å²) in [6.07, 6.45) is 0.791. The molecule has 0 saturated heterocycles. The van der Waals surface area contributed by atoms with Crippen LogP contribution in [-0.2, 0) is 27.8 Å². The minimum atomic E-state index is -3.61. The van der Waals surface area contributed by atoms with Crippen LogP contribution in [0.5, 0.6) is 0 Å². The maximum absolute atomic E-state index is 12.5. The number of benzene rings is 2. The molecule has 1 amide bonds. The summed E-state index contributed by atoms with van der Waals surface area (Å²) in [5, 5.41) is 0. The predicted molar refractivity (Wildman–Crippen MR) is 97.7 cm³/mol. The number of carbonyl (C=O) groups is 1. The Labute approximate surface area is 148 Å². The molecule has 0 spiro atoms. The van der Waals surface area contributed by atoms with Crippen molar-refractivity contribution in [1.82, 2.24) is 4.90 Å². The van der Waals surface area contributed by atoms with Gasteiger partial charge in [-0.2, -0.15) is 0 Å². The lowest BCUT2D eigenvalue weighted by molar-refractivity contribution is -0.135. The van der Waals surface area contributed by atoms with Crippen LogP contribution < -0.4 is 4.72 Å². The van der Waals surface area contributed by atoms with Gasteiger partial charge in [-0.25, -0.2) is 8.42 Å². The number of sulfonamides is 1. The van der Waals surface area contributed by atoms with E-state index < -0.39 is 10.0 Å². The average Bonchev–Trinajstić information content (AvgIpc) is 2.60. The minimum Gasteiger partial charge on any atom is -0.338 e. The Morgan fingerprint density at radius 1 is 1.08 bits per heavy atom. The fourth-order valence-corrected chi connectivity index (χ4v) is 4.06. The lowest BCUT2D eigenvalue weighted by Crippen LogP contribution is -2.38. The molecule has 1 N–H and O–H groups in total. The highest BCUT2D eigenvalue weighted by molar-refractivity contribution is 7.92. The fourth-order valence-electron chi connectivity index (χ4n) is 2.99. The first-order valence-corrected chi connectivity index (χ1v) is 9.83. The molecule has 2 aromatic carbocycles. The minimum absolute atomic E-state index is 0.0404. The first-order valence-electron chi connectivity index (χ1n) is 8.35. The molecule has 25 heavy (non-hydrogen) atoms. The molecule has 2 aromatic rings. The molecule has 132 valence electrons. The topological polar surface area (TPSA) is 66.5 Å². The van der Waals surface area contributed by atoms with E-state index in [1.807, 2.05) is 30.9 Å². The Bertz CT molecular complexity index is 877. The number of fused-ring (bicyclic) bond motifs is 1. The van der Waals surface area contributed by atoms with Gasteiger partial charge in [-0.15, -0.1) is 0 Å². The molecule has 1 aliphatic heterocycles. The van der Waals surface area contributed by atoms with E-state index in [-0.39, 0.29) is 16.7 Å². The number of hydrogen-bond donors (Lipinski definition) is 1. The van der Waals surface area contributed by atoms with Gasteiger partial charge < -0.3 is 4.90 Å².